The summed E-state index contributed by atoms with van der Waals surface area (Å²) in [7, 11) is 1.50. The van der Waals surface area contributed by atoms with Gasteiger partial charge in [-0.3, -0.25) is 9.59 Å². The summed E-state index contributed by atoms with van der Waals surface area (Å²) in [5.74, 6) is 2.70. The number of phenols is 1. The van der Waals surface area contributed by atoms with E-state index in [0.717, 1.165) is 17.1 Å². The van der Waals surface area contributed by atoms with E-state index in [4.69, 9.17) is 9.47 Å². The molecule has 0 saturated carbocycles. The predicted octanol–water partition coefficient (Wildman–Crippen LogP) is 5.29. The number of Topliss-reactive ketones (excluding diaryl/α,β-unsaturated/α-hetero) is 2. The standard InChI is InChI=1S/C26H32O5/c1-13(2)16-8-19(28)25-22(11-16)31-23-12-17(14(3)4)9-20(29)26(23)24(25)15-6-7-18(27)21(10-15)30-5/h6-7,10,13-14,16-17,24,27H,8-9,11-12H2,1-5H3. The van der Waals surface area contributed by atoms with Crippen molar-refractivity contribution in [3.63, 3.8) is 0 Å². The summed E-state index contributed by atoms with van der Waals surface area (Å²) < 4.78 is 11.7. The molecule has 5 nitrogen and oxygen atoms in total. The molecule has 0 amide bonds. The molecule has 5 heteroatoms. The van der Waals surface area contributed by atoms with Crippen molar-refractivity contribution in [2.75, 3.05) is 7.11 Å². The molecule has 1 heterocycles. The van der Waals surface area contributed by atoms with Crippen molar-refractivity contribution in [2.24, 2.45) is 23.7 Å². The number of ketones is 2. The maximum atomic E-state index is 13.3. The van der Waals surface area contributed by atoms with Gasteiger partial charge in [0.15, 0.2) is 23.1 Å². The molecule has 1 aliphatic heterocycles. The fraction of sp³-hybridized carbons (Fsp3) is 0.538. The van der Waals surface area contributed by atoms with Crippen LogP contribution >= 0.6 is 0 Å². The number of phenolic OH excluding ortho intramolecular Hbond substituents is 1. The topological polar surface area (TPSA) is 72.8 Å². The summed E-state index contributed by atoms with van der Waals surface area (Å²) in [5.41, 5.74) is 2.00. The van der Waals surface area contributed by atoms with Crippen LogP contribution in [0.1, 0.15) is 64.9 Å². The first-order valence-corrected chi connectivity index (χ1v) is 11.3. The van der Waals surface area contributed by atoms with Crippen molar-refractivity contribution in [2.45, 2.75) is 59.3 Å². The number of carbonyl (C=O) groups is 2. The van der Waals surface area contributed by atoms with Gasteiger partial charge in [0.25, 0.3) is 0 Å². The van der Waals surface area contributed by atoms with Crippen molar-refractivity contribution < 1.29 is 24.2 Å². The molecule has 31 heavy (non-hydrogen) atoms. The predicted molar refractivity (Wildman–Crippen MR) is 118 cm³/mol. The molecule has 0 saturated heterocycles. The number of rotatable bonds is 4. The van der Waals surface area contributed by atoms with E-state index in [9.17, 15) is 14.7 Å². The van der Waals surface area contributed by atoms with E-state index in [2.05, 4.69) is 27.7 Å². The van der Waals surface area contributed by atoms with E-state index in [0.29, 0.717) is 54.4 Å². The number of hydrogen-bond acceptors (Lipinski definition) is 5. The second-order valence-corrected chi connectivity index (χ2v) is 9.81. The molecule has 1 N–H and O–H groups in total. The third kappa shape index (κ3) is 3.79. The molecule has 2 unspecified atom stereocenters. The lowest BCUT2D eigenvalue weighted by Gasteiger charge is -2.40. The van der Waals surface area contributed by atoms with E-state index in [1.807, 2.05) is 0 Å². The van der Waals surface area contributed by atoms with Crippen LogP contribution in [0.2, 0.25) is 0 Å². The van der Waals surface area contributed by atoms with E-state index < -0.39 is 5.92 Å². The first-order chi connectivity index (χ1) is 14.7. The first-order valence-electron chi connectivity index (χ1n) is 11.3. The highest BCUT2D eigenvalue weighted by Gasteiger charge is 2.45. The van der Waals surface area contributed by atoms with Gasteiger partial charge in [-0.05, 0) is 41.4 Å². The molecule has 0 fully saturated rings. The molecule has 1 aromatic carbocycles. The average Bonchev–Trinajstić information content (AvgIpc) is 2.72. The molecule has 3 aliphatic rings. The summed E-state index contributed by atoms with van der Waals surface area (Å²) in [6, 6.07) is 5.09. The van der Waals surface area contributed by atoms with Gasteiger partial charge in [0.05, 0.1) is 7.11 Å². The number of benzene rings is 1. The highest BCUT2D eigenvalue weighted by atomic mass is 16.5. The highest BCUT2D eigenvalue weighted by Crippen LogP contribution is 2.51. The molecular weight excluding hydrogens is 392 g/mol. The van der Waals surface area contributed by atoms with Crippen LogP contribution in [0.5, 0.6) is 11.5 Å². The van der Waals surface area contributed by atoms with Crippen LogP contribution in [0.3, 0.4) is 0 Å². The average molecular weight is 425 g/mol. The monoisotopic (exact) mass is 424 g/mol. The quantitative estimate of drug-likeness (QED) is 0.711. The minimum Gasteiger partial charge on any atom is -0.504 e. The lowest BCUT2D eigenvalue weighted by atomic mass is 9.68. The first kappa shape index (κ1) is 21.7. The fourth-order valence-corrected chi connectivity index (χ4v) is 5.13. The minimum absolute atomic E-state index is 0.0337. The maximum absolute atomic E-state index is 13.3. The molecule has 1 aromatic rings. The van der Waals surface area contributed by atoms with Crippen molar-refractivity contribution in [3.05, 3.63) is 46.4 Å². The number of methoxy groups -OCH3 is 1. The Kier molecular flexibility index (Phi) is 5.71. The summed E-state index contributed by atoms with van der Waals surface area (Å²) in [5, 5.41) is 10.1. The number of allylic oxidation sites excluding steroid dienone is 4. The molecule has 2 atom stereocenters. The second kappa shape index (κ2) is 8.18. The van der Waals surface area contributed by atoms with Gasteiger partial charge in [-0.15, -0.1) is 0 Å². The SMILES string of the molecule is COc1cc(C2C3=C(CC(C(C)C)CC3=O)OC3=C2C(=O)CC(C(C)C)C3)ccc1O. The third-order valence-corrected chi connectivity index (χ3v) is 7.24. The maximum Gasteiger partial charge on any atom is 0.163 e. The number of aromatic hydroxyl groups is 1. The van der Waals surface area contributed by atoms with Gasteiger partial charge in [-0.2, -0.15) is 0 Å². The van der Waals surface area contributed by atoms with Gasteiger partial charge >= 0.3 is 0 Å². The Labute approximate surface area is 184 Å². The van der Waals surface area contributed by atoms with Gasteiger partial charge < -0.3 is 14.6 Å². The van der Waals surface area contributed by atoms with Crippen molar-refractivity contribution >= 4 is 11.6 Å². The smallest absolute Gasteiger partial charge is 0.163 e. The lowest BCUT2D eigenvalue weighted by Crippen LogP contribution is -2.35. The van der Waals surface area contributed by atoms with Crippen molar-refractivity contribution in [1.82, 2.24) is 0 Å². The largest absolute Gasteiger partial charge is 0.504 e. The van der Waals surface area contributed by atoms with Crippen LogP contribution in [0.4, 0.5) is 0 Å². The zero-order valence-corrected chi connectivity index (χ0v) is 19.0. The Balaban J connectivity index is 1.87. The number of hydrogen-bond donors (Lipinski definition) is 1. The zero-order chi connectivity index (χ0) is 22.4. The fourth-order valence-electron chi connectivity index (χ4n) is 5.13. The summed E-state index contributed by atoms with van der Waals surface area (Å²) >= 11 is 0. The third-order valence-electron chi connectivity index (χ3n) is 7.24. The molecule has 2 aliphatic carbocycles. The van der Waals surface area contributed by atoms with Crippen LogP contribution < -0.4 is 4.74 Å². The van der Waals surface area contributed by atoms with Crippen LogP contribution in [0, 0.1) is 23.7 Å². The Bertz CT molecular complexity index is 930. The normalized spacial score (nSPS) is 26.2. The summed E-state index contributed by atoms with van der Waals surface area (Å²) in [4.78, 5) is 26.7. The molecule has 166 valence electrons. The summed E-state index contributed by atoms with van der Waals surface area (Å²) in [6.07, 6.45) is 2.36. The zero-order valence-electron chi connectivity index (χ0n) is 19.0. The van der Waals surface area contributed by atoms with Gasteiger partial charge in [0.2, 0.25) is 0 Å². The Morgan fingerprint density at radius 2 is 1.42 bits per heavy atom. The van der Waals surface area contributed by atoms with Crippen LogP contribution in [-0.2, 0) is 14.3 Å². The second-order valence-electron chi connectivity index (χ2n) is 9.81. The lowest BCUT2D eigenvalue weighted by molar-refractivity contribution is -0.119. The van der Waals surface area contributed by atoms with E-state index in [1.54, 1.807) is 18.2 Å². The molecule has 4 rings (SSSR count). The molecule has 0 aromatic heterocycles. The number of ether oxygens (including phenoxy) is 2. The van der Waals surface area contributed by atoms with Gasteiger partial charge in [-0.25, -0.2) is 0 Å². The van der Waals surface area contributed by atoms with E-state index in [-0.39, 0.29) is 29.2 Å². The van der Waals surface area contributed by atoms with Crippen molar-refractivity contribution in [3.8, 4) is 11.5 Å². The number of carbonyl (C=O) groups excluding carboxylic acids is 2. The Morgan fingerprint density at radius 1 is 0.903 bits per heavy atom. The highest BCUT2D eigenvalue weighted by molar-refractivity contribution is 6.06. The Morgan fingerprint density at radius 3 is 1.87 bits per heavy atom. The van der Waals surface area contributed by atoms with E-state index >= 15 is 0 Å². The van der Waals surface area contributed by atoms with Gasteiger partial charge in [-0.1, -0.05) is 33.8 Å². The van der Waals surface area contributed by atoms with Crippen LogP contribution in [0.25, 0.3) is 0 Å². The van der Waals surface area contributed by atoms with E-state index in [1.165, 1.54) is 7.11 Å². The molecular formula is C26H32O5. The summed E-state index contributed by atoms with van der Waals surface area (Å²) in [6.45, 7) is 8.55. The van der Waals surface area contributed by atoms with Gasteiger partial charge in [0, 0.05) is 42.7 Å². The Hall–Kier alpha value is -2.56. The van der Waals surface area contributed by atoms with Crippen molar-refractivity contribution in [1.29, 1.82) is 0 Å². The van der Waals surface area contributed by atoms with Crippen LogP contribution in [-0.4, -0.2) is 23.8 Å². The molecule has 0 radical (unpaired) electrons. The molecule has 0 spiro atoms. The molecule has 0 bridgehead atoms. The van der Waals surface area contributed by atoms with Crippen LogP contribution in [0.15, 0.2) is 40.9 Å². The minimum atomic E-state index is -0.463. The van der Waals surface area contributed by atoms with Gasteiger partial charge in [0.1, 0.15) is 11.5 Å².